The lowest BCUT2D eigenvalue weighted by Crippen LogP contribution is -2.60. The number of nitriles is 1. The van der Waals surface area contributed by atoms with Gasteiger partial charge < -0.3 is 10.6 Å². The highest BCUT2D eigenvalue weighted by molar-refractivity contribution is 5.82. The molecule has 0 bridgehead atoms. The molecule has 4 N–H and O–H groups in total. The van der Waals surface area contributed by atoms with E-state index in [9.17, 15) is 9.18 Å². The first-order chi connectivity index (χ1) is 12.5. The van der Waals surface area contributed by atoms with Gasteiger partial charge >= 0.3 is 0 Å². The molecule has 7 atom stereocenters. The van der Waals surface area contributed by atoms with E-state index in [1.807, 2.05) is 6.92 Å². The molecule has 2 aliphatic heterocycles. The minimum Gasteiger partial charge on any atom is -0.339 e. The number of nitrogens with one attached hydrogen (secondary N) is 4. The molecular weight excluding hydrogens is 333 g/mol. The van der Waals surface area contributed by atoms with Crippen LogP contribution in [0.25, 0.3) is 0 Å². The molecule has 2 saturated heterocycles. The van der Waals surface area contributed by atoms with Crippen LogP contribution in [0.5, 0.6) is 0 Å². The first-order valence-electron chi connectivity index (χ1n) is 10.1. The fourth-order valence-electron chi connectivity index (χ4n) is 4.74. The van der Waals surface area contributed by atoms with Gasteiger partial charge in [-0.05, 0) is 76.8 Å². The third-order valence-electron chi connectivity index (χ3n) is 6.08. The Labute approximate surface area is 155 Å². The smallest absolute Gasteiger partial charge is 0.238 e. The Morgan fingerprint density at radius 2 is 2.04 bits per heavy atom. The highest BCUT2D eigenvalue weighted by Gasteiger charge is 2.32. The van der Waals surface area contributed by atoms with Gasteiger partial charge in [-0.25, -0.2) is 4.39 Å². The molecule has 6 nitrogen and oxygen atoms in total. The summed E-state index contributed by atoms with van der Waals surface area (Å²) < 4.78 is 13.8. The van der Waals surface area contributed by atoms with Crippen molar-refractivity contribution in [3.05, 3.63) is 0 Å². The van der Waals surface area contributed by atoms with E-state index >= 15 is 0 Å². The molecule has 1 aliphatic carbocycles. The van der Waals surface area contributed by atoms with Crippen LogP contribution < -0.4 is 21.3 Å². The standard InChI is InChI=1S/C19H32FN5O/c1-12-22-5-4-17(24-12)19(26)25-18-3-2-13(11-23-18)6-14-7-15(10-21)9-16(20)8-14/h12-18,22-24H,2-9,11H2,1H3,(H,25,26). The molecule has 7 unspecified atom stereocenters. The summed E-state index contributed by atoms with van der Waals surface area (Å²) in [5.74, 6) is 0.780. The average molecular weight is 365 g/mol. The van der Waals surface area contributed by atoms with Crippen LogP contribution in [0.15, 0.2) is 0 Å². The van der Waals surface area contributed by atoms with Gasteiger partial charge in [-0.15, -0.1) is 0 Å². The second-order valence-corrected chi connectivity index (χ2v) is 8.33. The van der Waals surface area contributed by atoms with Crippen LogP contribution in [0.1, 0.15) is 51.9 Å². The van der Waals surface area contributed by atoms with Crippen molar-refractivity contribution in [2.45, 2.75) is 76.4 Å². The Balaban J connectivity index is 1.39. The van der Waals surface area contributed by atoms with Crippen molar-refractivity contribution in [2.75, 3.05) is 13.1 Å². The van der Waals surface area contributed by atoms with Gasteiger partial charge in [-0.2, -0.15) is 5.26 Å². The Kier molecular flexibility index (Phi) is 6.85. The summed E-state index contributed by atoms with van der Waals surface area (Å²) in [6, 6.07) is 2.12. The molecule has 0 aromatic carbocycles. The van der Waals surface area contributed by atoms with E-state index in [1.54, 1.807) is 0 Å². The van der Waals surface area contributed by atoms with Gasteiger partial charge in [0, 0.05) is 5.92 Å². The largest absolute Gasteiger partial charge is 0.339 e. The van der Waals surface area contributed by atoms with Crippen molar-refractivity contribution in [1.29, 1.82) is 5.26 Å². The quantitative estimate of drug-likeness (QED) is 0.605. The van der Waals surface area contributed by atoms with E-state index in [0.717, 1.165) is 45.2 Å². The summed E-state index contributed by atoms with van der Waals surface area (Å²) in [6.45, 7) is 3.73. The van der Waals surface area contributed by atoms with E-state index in [1.165, 1.54) is 0 Å². The molecular formula is C19H32FN5O. The first-order valence-corrected chi connectivity index (χ1v) is 10.1. The maximum atomic E-state index is 13.8. The third-order valence-corrected chi connectivity index (χ3v) is 6.08. The lowest BCUT2D eigenvalue weighted by molar-refractivity contribution is -0.125. The van der Waals surface area contributed by atoms with E-state index in [0.29, 0.717) is 24.7 Å². The molecule has 0 spiro atoms. The first kappa shape index (κ1) is 19.5. The van der Waals surface area contributed by atoms with Crippen molar-refractivity contribution in [3.63, 3.8) is 0 Å². The summed E-state index contributed by atoms with van der Waals surface area (Å²) in [7, 11) is 0. The maximum Gasteiger partial charge on any atom is 0.238 e. The van der Waals surface area contributed by atoms with Gasteiger partial charge in [0.2, 0.25) is 5.91 Å². The number of carbonyl (C=O) groups is 1. The number of halogens is 1. The number of alkyl halides is 1. The predicted molar refractivity (Wildman–Crippen MR) is 97.6 cm³/mol. The third kappa shape index (κ3) is 5.38. The molecule has 0 aromatic rings. The van der Waals surface area contributed by atoms with Crippen molar-refractivity contribution in [2.24, 2.45) is 17.8 Å². The van der Waals surface area contributed by atoms with Crippen LogP contribution in [0, 0.1) is 29.1 Å². The summed E-state index contributed by atoms with van der Waals surface area (Å²) in [6.07, 6.45) is 4.96. The number of hydrogen-bond donors (Lipinski definition) is 4. The SMILES string of the molecule is CC1NCCC(C(=O)NC2CCC(CC3CC(F)CC(C#N)C3)CN2)N1. The molecule has 0 radical (unpaired) electrons. The number of nitrogens with zero attached hydrogens (tertiary/aromatic N) is 1. The zero-order valence-corrected chi connectivity index (χ0v) is 15.6. The Bertz CT molecular complexity index is 517. The molecule has 2 heterocycles. The van der Waals surface area contributed by atoms with E-state index < -0.39 is 6.17 Å². The maximum absolute atomic E-state index is 13.8. The zero-order valence-electron chi connectivity index (χ0n) is 15.6. The normalized spacial score (nSPS) is 41.2. The van der Waals surface area contributed by atoms with Crippen LogP contribution in [-0.4, -0.2) is 43.5 Å². The number of rotatable bonds is 4. The average Bonchev–Trinajstić information content (AvgIpc) is 2.63. The van der Waals surface area contributed by atoms with Gasteiger partial charge in [0.1, 0.15) is 6.17 Å². The van der Waals surface area contributed by atoms with Crippen molar-refractivity contribution < 1.29 is 9.18 Å². The Hall–Kier alpha value is -1.23. The summed E-state index contributed by atoms with van der Waals surface area (Å²) >= 11 is 0. The highest BCUT2D eigenvalue weighted by atomic mass is 19.1. The second kappa shape index (κ2) is 9.12. The van der Waals surface area contributed by atoms with E-state index in [4.69, 9.17) is 5.26 Å². The Morgan fingerprint density at radius 3 is 2.73 bits per heavy atom. The molecule has 0 aromatic heterocycles. The van der Waals surface area contributed by atoms with Crippen LogP contribution in [-0.2, 0) is 4.79 Å². The topological polar surface area (TPSA) is 89.0 Å². The number of carbonyl (C=O) groups excluding carboxylic acids is 1. The van der Waals surface area contributed by atoms with Crippen LogP contribution in [0.3, 0.4) is 0 Å². The summed E-state index contributed by atoms with van der Waals surface area (Å²) in [5.41, 5.74) is 0. The lowest BCUT2D eigenvalue weighted by atomic mass is 9.76. The van der Waals surface area contributed by atoms with Crippen molar-refractivity contribution in [3.8, 4) is 6.07 Å². The van der Waals surface area contributed by atoms with Crippen molar-refractivity contribution in [1.82, 2.24) is 21.3 Å². The predicted octanol–water partition coefficient (Wildman–Crippen LogP) is 1.39. The molecule has 7 heteroatoms. The molecule has 1 saturated carbocycles. The molecule has 26 heavy (non-hydrogen) atoms. The molecule has 3 aliphatic rings. The monoisotopic (exact) mass is 365 g/mol. The van der Waals surface area contributed by atoms with Crippen molar-refractivity contribution >= 4 is 5.91 Å². The molecule has 146 valence electrons. The van der Waals surface area contributed by atoms with Crippen LogP contribution >= 0.6 is 0 Å². The zero-order chi connectivity index (χ0) is 18.5. The second-order valence-electron chi connectivity index (χ2n) is 8.33. The fraction of sp³-hybridized carbons (Fsp3) is 0.895. The van der Waals surface area contributed by atoms with Crippen LogP contribution in [0.4, 0.5) is 4.39 Å². The molecule has 3 fully saturated rings. The van der Waals surface area contributed by atoms with Crippen LogP contribution in [0.2, 0.25) is 0 Å². The van der Waals surface area contributed by atoms with Gasteiger partial charge in [0.25, 0.3) is 0 Å². The molecule has 3 rings (SSSR count). The minimum absolute atomic E-state index is 0.0258. The van der Waals surface area contributed by atoms with Gasteiger partial charge in [-0.3, -0.25) is 15.4 Å². The summed E-state index contributed by atoms with van der Waals surface area (Å²) in [4.78, 5) is 12.4. The minimum atomic E-state index is -0.818. The molecule has 1 amide bonds. The van der Waals surface area contributed by atoms with Gasteiger partial charge in [0.15, 0.2) is 0 Å². The lowest BCUT2D eigenvalue weighted by Gasteiger charge is -2.36. The Morgan fingerprint density at radius 1 is 1.19 bits per heavy atom. The number of hydrogen-bond acceptors (Lipinski definition) is 5. The van der Waals surface area contributed by atoms with E-state index in [2.05, 4.69) is 27.3 Å². The highest BCUT2D eigenvalue weighted by Crippen LogP contribution is 2.35. The number of piperidine rings is 1. The number of amides is 1. The van der Waals surface area contributed by atoms with Gasteiger partial charge in [0.05, 0.1) is 24.4 Å². The summed E-state index contributed by atoms with van der Waals surface area (Å²) in [5, 5.41) is 22.2. The fourth-order valence-corrected chi connectivity index (χ4v) is 4.74. The van der Waals surface area contributed by atoms with E-state index in [-0.39, 0.29) is 30.2 Å². The van der Waals surface area contributed by atoms with Gasteiger partial charge in [-0.1, -0.05) is 0 Å².